The summed E-state index contributed by atoms with van der Waals surface area (Å²) in [5.74, 6) is 0. The van der Waals surface area contributed by atoms with Crippen LogP contribution in [0.5, 0.6) is 0 Å². The highest BCUT2D eigenvalue weighted by Crippen LogP contribution is 2.23. The molecule has 0 bridgehead atoms. The Kier molecular flexibility index (Phi) is 3.71. The Balaban J connectivity index is 2.44. The maximum Gasteiger partial charge on any atom is 0.0866 e. The fraction of sp³-hybridized carbons (Fsp3) is 0.750. The van der Waals surface area contributed by atoms with Gasteiger partial charge in [0.1, 0.15) is 0 Å². The van der Waals surface area contributed by atoms with Gasteiger partial charge in [-0.3, -0.25) is 4.90 Å². The SMILES string of the molecule is CC(C)(C)C=C1CCN(CC#N)CC1. The molecular weight excluding hydrogens is 172 g/mol. The highest BCUT2D eigenvalue weighted by atomic mass is 15.1. The minimum atomic E-state index is 0.298. The van der Waals surface area contributed by atoms with Crippen molar-refractivity contribution in [2.75, 3.05) is 19.6 Å². The van der Waals surface area contributed by atoms with Crippen LogP contribution in [0.25, 0.3) is 0 Å². The van der Waals surface area contributed by atoms with Gasteiger partial charge in [0.15, 0.2) is 0 Å². The molecule has 0 unspecified atom stereocenters. The summed E-state index contributed by atoms with van der Waals surface area (Å²) in [6.45, 7) is 9.40. The predicted octanol–water partition coefficient (Wildman–Crippen LogP) is 2.58. The number of piperidine rings is 1. The van der Waals surface area contributed by atoms with E-state index in [9.17, 15) is 0 Å². The van der Waals surface area contributed by atoms with Gasteiger partial charge in [-0.05, 0) is 18.3 Å². The van der Waals surface area contributed by atoms with Crippen molar-refractivity contribution in [1.29, 1.82) is 5.26 Å². The lowest BCUT2D eigenvalue weighted by molar-refractivity contribution is 0.284. The molecule has 0 radical (unpaired) electrons. The van der Waals surface area contributed by atoms with Crippen molar-refractivity contribution < 1.29 is 0 Å². The van der Waals surface area contributed by atoms with Crippen LogP contribution in [0.1, 0.15) is 33.6 Å². The van der Waals surface area contributed by atoms with Gasteiger partial charge in [0.05, 0.1) is 12.6 Å². The van der Waals surface area contributed by atoms with Crippen LogP contribution in [0.4, 0.5) is 0 Å². The first-order valence-electron chi connectivity index (χ1n) is 5.31. The number of nitrogens with zero attached hydrogens (tertiary/aromatic N) is 2. The van der Waals surface area contributed by atoms with Gasteiger partial charge in [0.25, 0.3) is 0 Å². The molecule has 78 valence electrons. The fourth-order valence-electron chi connectivity index (χ4n) is 1.86. The molecule has 0 aliphatic carbocycles. The monoisotopic (exact) mass is 192 g/mol. The number of hydrogen-bond acceptors (Lipinski definition) is 2. The Morgan fingerprint density at radius 2 is 1.93 bits per heavy atom. The lowest BCUT2D eigenvalue weighted by Crippen LogP contribution is -2.31. The molecule has 1 fully saturated rings. The zero-order valence-electron chi connectivity index (χ0n) is 9.51. The van der Waals surface area contributed by atoms with Crippen LogP contribution in [0.2, 0.25) is 0 Å². The average molecular weight is 192 g/mol. The van der Waals surface area contributed by atoms with Gasteiger partial charge in [0.2, 0.25) is 0 Å². The van der Waals surface area contributed by atoms with Gasteiger partial charge in [-0.2, -0.15) is 5.26 Å². The summed E-state index contributed by atoms with van der Waals surface area (Å²) >= 11 is 0. The van der Waals surface area contributed by atoms with E-state index in [1.807, 2.05) is 0 Å². The van der Waals surface area contributed by atoms with Crippen molar-refractivity contribution in [2.24, 2.45) is 5.41 Å². The van der Waals surface area contributed by atoms with Gasteiger partial charge in [-0.1, -0.05) is 32.4 Å². The fourth-order valence-corrected chi connectivity index (χ4v) is 1.86. The third-order valence-electron chi connectivity index (χ3n) is 2.43. The lowest BCUT2D eigenvalue weighted by atomic mass is 9.90. The molecule has 0 aromatic heterocycles. The highest BCUT2D eigenvalue weighted by molar-refractivity contribution is 5.10. The zero-order valence-corrected chi connectivity index (χ0v) is 9.51. The van der Waals surface area contributed by atoms with E-state index in [0.717, 1.165) is 25.9 Å². The molecule has 2 heteroatoms. The summed E-state index contributed by atoms with van der Waals surface area (Å²) in [5, 5.41) is 8.56. The van der Waals surface area contributed by atoms with Gasteiger partial charge in [-0.15, -0.1) is 0 Å². The van der Waals surface area contributed by atoms with Gasteiger partial charge in [0, 0.05) is 13.1 Å². The Hall–Kier alpha value is -0.810. The summed E-state index contributed by atoms with van der Waals surface area (Å²) in [6.07, 6.45) is 4.66. The molecule has 14 heavy (non-hydrogen) atoms. The van der Waals surface area contributed by atoms with Crippen LogP contribution in [0.3, 0.4) is 0 Å². The molecule has 1 rings (SSSR count). The lowest BCUT2D eigenvalue weighted by Gasteiger charge is -2.27. The smallest absolute Gasteiger partial charge is 0.0866 e. The zero-order chi connectivity index (χ0) is 10.6. The molecular formula is C12H20N2. The molecule has 0 atom stereocenters. The minimum absolute atomic E-state index is 0.298. The second-order valence-corrected chi connectivity index (χ2v) is 5.10. The largest absolute Gasteiger partial charge is 0.290 e. The molecule has 0 saturated carbocycles. The van der Waals surface area contributed by atoms with E-state index in [4.69, 9.17) is 5.26 Å². The maximum absolute atomic E-state index is 8.56. The first-order valence-corrected chi connectivity index (χ1v) is 5.31. The number of allylic oxidation sites excluding steroid dienone is 1. The Labute approximate surface area is 87.2 Å². The van der Waals surface area contributed by atoms with Crippen molar-refractivity contribution in [3.8, 4) is 6.07 Å². The van der Waals surface area contributed by atoms with Crippen molar-refractivity contribution in [2.45, 2.75) is 33.6 Å². The number of likely N-dealkylation sites (tertiary alicyclic amines) is 1. The summed E-state index contributed by atoms with van der Waals surface area (Å²) in [7, 11) is 0. The van der Waals surface area contributed by atoms with Crippen LogP contribution < -0.4 is 0 Å². The number of rotatable bonds is 1. The van der Waals surface area contributed by atoms with Crippen LogP contribution >= 0.6 is 0 Å². The molecule has 2 nitrogen and oxygen atoms in total. The first-order chi connectivity index (χ1) is 6.51. The normalized spacial score (nSPS) is 19.1. The molecule has 1 heterocycles. The molecule has 0 N–H and O–H groups in total. The van der Waals surface area contributed by atoms with Crippen LogP contribution in [0.15, 0.2) is 11.6 Å². The molecule has 0 aromatic carbocycles. The van der Waals surface area contributed by atoms with Crippen molar-refractivity contribution >= 4 is 0 Å². The van der Waals surface area contributed by atoms with Crippen LogP contribution in [-0.4, -0.2) is 24.5 Å². The summed E-state index contributed by atoms with van der Waals surface area (Å²) in [6, 6.07) is 2.21. The minimum Gasteiger partial charge on any atom is -0.290 e. The predicted molar refractivity (Wildman–Crippen MR) is 58.8 cm³/mol. The third kappa shape index (κ3) is 3.93. The number of nitriles is 1. The standard InChI is InChI=1S/C12H20N2/c1-12(2,3)10-11-4-7-14(8-5-11)9-6-13/h10H,4-5,7-9H2,1-3H3. The van der Waals surface area contributed by atoms with Crippen molar-refractivity contribution in [1.82, 2.24) is 4.90 Å². The Morgan fingerprint density at radius 3 is 2.36 bits per heavy atom. The van der Waals surface area contributed by atoms with E-state index in [-0.39, 0.29) is 0 Å². The average Bonchev–Trinajstić information content (AvgIpc) is 2.06. The maximum atomic E-state index is 8.56. The van der Waals surface area contributed by atoms with E-state index in [2.05, 4.69) is 37.8 Å². The molecule has 1 aliphatic heterocycles. The highest BCUT2D eigenvalue weighted by Gasteiger charge is 2.15. The third-order valence-corrected chi connectivity index (χ3v) is 2.43. The second-order valence-electron chi connectivity index (χ2n) is 5.10. The molecule has 1 saturated heterocycles. The molecule has 0 aromatic rings. The quantitative estimate of drug-likeness (QED) is 0.471. The Bertz CT molecular complexity index is 242. The van der Waals surface area contributed by atoms with E-state index in [0.29, 0.717) is 12.0 Å². The summed E-state index contributed by atoms with van der Waals surface area (Å²) in [5.41, 5.74) is 1.86. The number of hydrogen-bond donors (Lipinski definition) is 0. The van der Waals surface area contributed by atoms with Crippen LogP contribution in [0, 0.1) is 16.7 Å². The van der Waals surface area contributed by atoms with Gasteiger partial charge in [-0.25, -0.2) is 0 Å². The molecule has 1 aliphatic rings. The first kappa shape index (κ1) is 11.3. The van der Waals surface area contributed by atoms with Crippen molar-refractivity contribution in [3.63, 3.8) is 0 Å². The molecule has 0 spiro atoms. The van der Waals surface area contributed by atoms with Crippen molar-refractivity contribution in [3.05, 3.63) is 11.6 Å². The van der Waals surface area contributed by atoms with E-state index in [1.54, 1.807) is 5.57 Å². The van der Waals surface area contributed by atoms with E-state index < -0.39 is 0 Å². The summed E-state index contributed by atoms with van der Waals surface area (Å²) < 4.78 is 0. The van der Waals surface area contributed by atoms with E-state index in [1.165, 1.54) is 0 Å². The Morgan fingerprint density at radius 1 is 1.36 bits per heavy atom. The topological polar surface area (TPSA) is 27.0 Å². The second kappa shape index (κ2) is 4.61. The molecule has 0 amide bonds. The van der Waals surface area contributed by atoms with Crippen LogP contribution in [-0.2, 0) is 0 Å². The van der Waals surface area contributed by atoms with E-state index >= 15 is 0 Å². The van der Waals surface area contributed by atoms with Gasteiger partial charge >= 0.3 is 0 Å². The van der Waals surface area contributed by atoms with Gasteiger partial charge < -0.3 is 0 Å². The summed E-state index contributed by atoms with van der Waals surface area (Å²) in [4.78, 5) is 2.22.